The molecule has 4 nitrogen and oxygen atoms in total. The molecule has 0 bridgehead atoms. The van der Waals surface area contributed by atoms with Gasteiger partial charge in [0.2, 0.25) is 5.82 Å². The van der Waals surface area contributed by atoms with Gasteiger partial charge in [0.25, 0.3) is 0 Å². The van der Waals surface area contributed by atoms with Crippen molar-refractivity contribution in [2.45, 2.75) is 32.5 Å². The van der Waals surface area contributed by atoms with E-state index in [1.54, 1.807) is 19.2 Å². The molecule has 1 aliphatic rings. The fourth-order valence-electron chi connectivity index (χ4n) is 2.84. The van der Waals surface area contributed by atoms with Gasteiger partial charge in [0.15, 0.2) is 5.65 Å². The molecule has 1 atom stereocenters. The Bertz CT molecular complexity index is 641. The average Bonchev–Trinajstić information content (AvgIpc) is 2.78. The molecule has 21 heavy (non-hydrogen) atoms. The van der Waals surface area contributed by atoms with Gasteiger partial charge in [-0.3, -0.25) is 0 Å². The van der Waals surface area contributed by atoms with Crippen molar-refractivity contribution in [3.05, 3.63) is 23.7 Å². The number of hydrogen-bond acceptors (Lipinski definition) is 3. The fourth-order valence-corrected chi connectivity index (χ4v) is 2.84. The summed E-state index contributed by atoms with van der Waals surface area (Å²) in [6.45, 7) is 3.77. The lowest BCUT2D eigenvalue weighted by atomic mass is 9.99. The summed E-state index contributed by atoms with van der Waals surface area (Å²) in [5.74, 6) is -0.665. The number of aromatic nitrogens is 3. The number of rotatable bonds is 2. The van der Waals surface area contributed by atoms with Crippen molar-refractivity contribution >= 4 is 11.2 Å². The number of pyridine rings is 1. The van der Waals surface area contributed by atoms with Gasteiger partial charge < -0.3 is 9.88 Å². The van der Waals surface area contributed by atoms with Crippen LogP contribution in [0.2, 0.25) is 0 Å². The molecule has 0 aliphatic carbocycles. The highest BCUT2D eigenvalue weighted by Gasteiger charge is 2.38. The third kappa shape index (κ3) is 2.88. The molecule has 1 unspecified atom stereocenters. The SMILES string of the molecule is Cc1cnc2c(c1)nc(C(F)(F)F)n2CC1CCCNC1. The Hall–Kier alpha value is -1.63. The number of imidazole rings is 1. The first-order valence-electron chi connectivity index (χ1n) is 7.06. The molecule has 1 saturated heterocycles. The van der Waals surface area contributed by atoms with Gasteiger partial charge in [-0.05, 0) is 50.4 Å². The van der Waals surface area contributed by atoms with Gasteiger partial charge in [0.1, 0.15) is 5.52 Å². The van der Waals surface area contributed by atoms with Crippen molar-refractivity contribution in [3.8, 4) is 0 Å². The number of alkyl halides is 3. The first-order valence-corrected chi connectivity index (χ1v) is 7.06. The van der Waals surface area contributed by atoms with Gasteiger partial charge in [-0.15, -0.1) is 0 Å². The zero-order chi connectivity index (χ0) is 15.0. The minimum absolute atomic E-state index is 0.181. The number of halogens is 3. The molecule has 3 heterocycles. The highest BCUT2D eigenvalue weighted by atomic mass is 19.4. The van der Waals surface area contributed by atoms with E-state index < -0.39 is 12.0 Å². The van der Waals surface area contributed by atoms with Crippen LogP contribution in [0.1, 0.15) is 24.2 Å². The zero-order valence-corrected chi connectivity index (χ0v) is 11.7. The van der Waals surface area contributed by atoms with Crippen LogP contribution in [0.15, 0.2) is 12.3 Å². The molecule has 2 aromatic rings. The largest absolute Gasteiger partial charge is 0.449 e. The van der Waals surface area contributed by atoms with E-state index in [1.165, 1.54) is 4.57 Å². The lowest BCUT2D eigenvalue weighted by molar-refractivity contribution is -0.147. The summed E-state index contributed by atoms with van der Waals surface area (Å²) in [7, 11) is 0. The highest BCUT2D eigenvalue weighted by Crippen LogP contribution is 2.32. The molecule has 1 N–H and O–H groups in total. The van der Waals surface area contributed by atoms with E-state index in [0.717, 1.165) is 31.5 Å². The van der Waals surface area contributed by atoms with Crippen LogP contribution in [-0.2, 0) is 12.7 Å². The topological polar surface area (TPSA) is 42.7 Å². The average molecular weight is 298 g/mol. The minimum Gasteiger partial charge on any atom is -0.316 e. The Kier molecular flexibility index (Phi) is 3.61. The summed E-state index contributed by atoms with van der Waals surface area (Å²) in [5.41, 5.74) is 1.43. The predicted molar refractivity (Wildman–Crippen MR) is 72.9 cm³/mol. The monoisotopic (exact) mass is 298 g/mol. The number of nitrogens with zero attached hydrogens (tertiary/aromatic N) is 3. The summed E-state index contributed by atoms with van der Waals surface area (Å²) >= 11 is 0. The van der Waals surface area contributed by atoms with Gasteiger partial charge >= 0.3 is 6.18 Å². The van der Waals surface area contributed by atoms with E-state index >= 15 is 0 Å². The molecule has 0 saturated carbocycles. The van der Waals surface area contributed by atoms with Crippen molar-refractivity contribution in [3.63, 3.8) is 0 Å². The third-order valence-electron chi connectivity index (χ3n) is 3.81. The Balaban J connectivity index is 2.04. The van der Waals surface area contributed by atoms with Gasteiger partial charge in [-0.2, -0.15) is 13.2 Å². The number of piperidine rings is 1. The predicted octanol–water partition coefficient (Wildman–Crippen LogP) is 2.76. The van der Waals surface area contributed by atoms with Crippen molar-refractivity contribution in [2.75, 3.05) is 13.1 Å². The summed E-state index contributed by atoms with van der Waals surface area (Å²) in [4.78, 5) is 7.93. The van der Waals surface area contributed by atoms with E-state index in [4.69, 9.17) is 0 Å². The normalized spacial score (nSPS) is 20.1. The molecule has 0 aromatic carbocycles. The quantitative estimate of drug-likeness (QED) is 0.927. The second kappa shape index (κ2) is 5.29. The molecule has 1 fully saturated rings. The van der Waals surface area contributed by atoms with E-state index in [1.807, 2.05) is 0 Å². The molecule has 3 rings (SSSR count). The zero-order valence-electron chi connectivity index (χ0n) is 11.7. The van der Waals surface area contributed by atoms with Crippen molar-refractivity contribution in [1.29, 1.82) is 0 Å². The molecule has 114 valence electrons. The van der Waals surface area contributed by atoms with E-state index in [-0.39, 0.29) is 5.92 Å². The van der Waals surface area contributed by atoms with Gasteiger partial charge in [-0.25, -0.2) is 9.97 Å². The van der Waals surface area contributed by atoms with E-state index in [9.17, 15) is 13.2 Å². The van der Waals surface area contributed by atoms with Crippen LogP contribution < -0.4 is 5.32 Å². The Morgan fingerprint density at radius 1 is 1.43 bits per heavy atom. The van der Waals surface area contributed by atoms with Crippen LogP contribution in [-0.4, -0.2) is 27.6 Å². The molecule has 0 radical (unpaired) electrons. The minimum atomic E-state index is -4.46. The molecule has 7 heteroatoms. The number of fused-ring (bicyclic) bond motifs is 1. The van der Waals surface area contributed by atoms with Gasteiger partial charge in [-0.1, -0.05) is 0 Å². The maximum atomic E-state index is 13.2. The van der Waals surface area contributed by atoms with Crippen molar-refractivity contribution in [1.82, 2.24) is 19.9 Å². The molecule has 1 aliphatic heterocycles. The Morgan fingerprint density at radius 2 is 2.24 bits per heavy atom. The van der Waals surface area contributed by atoms with E-state index in [0.29, 0.717) is 17.7 Å². The summed E-state index contributed by atoms with van der Waals surface area (Å²) < 4.78 is 40.9. The van der Waals surface area contributed by atoms with Gasteiger partial charge in [0.05, 0.1) is 0 Å². The molecular weight excluding hydrogens is 281 g/mol. The standard InChI is InChI=1S/C14H17F3N4/c1-9-5-11-12(19-6-9)21(13(20-11)14(15,16)17)8-10-3-2-4-18-7-10/h5-6,10,18H,2-4,7-8H2,1H3. The van der Waals surface area contributed by atoms with Crippen LogP contribution in [0.25, 0.3) is 11.2 Å². The summed E-state index contributed by atoms with van der Waals surface area (Å²) in [5, 5.41) is 3.23. The van der Waals surface area contributed by atoms with Crippen LogP contribution in [0.5, 0.6) is 0 Å². The van der Waals surface area contributed by atoms with Crippen LogP contribution in [0.4, 0.5) is 13.2 Å². The Morgan fingerprint density at radius 3 is 2.90 bits per heavy atom. The Labute approximate surface area is 120 Å². The maximum absolute atomic E-state index is 13.2. The number of nitrogens with one attached hydrogen (secondary N) is 1. The third-order valence-corrected chi connectivity index (χ3v) is 3.81. The van der Waals surface area contributed by atoms with Crippen LogP contribution >= 0.6 is 0 Å². The van der Waals surface area contributed by atoms with E-state index in [2.05, 4.69) is 15.3 Å². The lowest BCUT2D eigenvalue weighted by Gasteiger charge is -2.24. The maximum Gasteiger partial charge on any atom is 0.449 e. The number of hydrogen-bond donors (Lipinski definition) is 1. The molecular formula is C14H17F3N4. The first kappa shape index (κ1) is 14.3. The summed E-state index contributed by atoms with van der Waals surface area (Å²) in [6, 6.07) is 1.65. The second-order valence-electron chi connectivity index (χ2n) is 5.61. The fraction of sp³-hybridized carbons (Fsp3) is 0.571. The summed E-state index contributed by atoms with van der Waals surface area (Å²) in [6.07, 6.45) is -0.961. The lowest BCUT2D eigenvalue weighted by Crippen LogP contribution is -2.33. The molecule has 0 spiro atoms. The van der Waals surface area contributed by atoms with Crippen molar-refractivity contribution < 1.29 is 13.2 Å². The molecule has 2 aromatic heterocycles. The number of aryl methyl sites for hydroxylation is 1. The second-order valence-corrected chi connectivity index (χ2v) is 5.61. The van der Waals surface area contributed by atoms with Gasteiger partial charge in [0, 0.05) is 12.7 Å². The first-order chi connectivity index (χ1) is 9.95. The highest BCUT2D eigenvalue weighted by molar-refractivity contribution is 5.72. The van der Waals surface area contributed by atoms with Crippen molar-refractivity contribution in [2.24, 2.45) is 5.92 Å². The van der Waals surface area contributed by atoms with Crippen LogP contribution in [0.3, 0.4) is 0 Å². The molecule has 0 amide bonds. The van der Waals surface area contributed by atoms with Crippen LogP contribution in [0, 0.1) is 12.8 Å². The smallest absolute Gasteiger partial charge is 0.316 e.